The second-order valence-electron chi connectivity index (χ2n) is 13.1. The average molecular weight is 759 g/mol. The van der Waals surface area contributed by atoms with Gasteiger partial charge >= 0.3 is 0 Å². The van der Waals surface area contributed by atoms with E-state index in [1.165, 1.54) is 11.3 Å². The topological polar surface area (TPSA) is 33.5 Å². The summed E-state index contributed by atoms with van der Waals surface area (Å²) in [5, 5.41) is 2.26. The van der Waals surface area contributed by atoms with Gasteiger partial charge in [0.05, 0.1) is 0 Å². The number of aromatic nitrogens is 2. The van der Waals surface area contributed by atoms with Crippen LogP contribution in [-0.2, 0) is 26.5 Å². The van der Waals surface area contributed by atoms with Gasteiger partial charge in [-0.3, -0.25) is 0 Å². The summed E-state index contributed by atoms with van der Waals surface area (Å²) in [6.07, 6.45) is 1.89. The number of ether oxygens (including phenoxy) is 1. The Morgan fingerprint density at radius 3 is 2.23 bits per heavy atom. The van der Waals surface area contributed by atoms with Gasteiger partial charge in [0.1, 0.15) is 5.82 Å². The molecule has 0 amide bonds. The molecule has 6 heteroatoms. The zero-order valence-corrected chi connectivity index (χ0v) is 28.1. The number of fused-ring (bicyclic) bond motifs is 4. The van der Waals surface area contributed by atoms with Gasteiger partial charge in [-0.1, -0.05) is 56.6 Å². The molecule has 44 heavy (non-hydrogen) atoms. The van der Waals surface area contributed by atoms with Gasteiger partial charge < -0.3 is 19.1 Å². The standard InChI is InChI=1S/C38H35N4O.Pt/c1-37(2,3)26-20-21-39-36(22-26)42-32-15-8-7-14-30(32)31-19-18-29(24-35(31)42)43-28-13-11-12-27(23-28)40-25-41(38(4,5)6)34-17-10-9-16-33(34)40;/h7-22,25H,1-6H3;/q-3;. The molecule has 1 aliphatic heterocycles. The van der Waals surface area contributed by atoms with Crippen LogP contribution in [0.1, 0.15) is 47.1 Å². The Labute approximate surface area is 274 Å². The van der Waals surface area contributed by atoms with Crippen molar-refractivity contribution in [2.45, 2.75) is 52.5 Å². The van der Waals surface area contributed by atoms with Crippen LogP contribution < -0.4 is 14.5 Å². The van der Waals surface area contributed by atoms with E-state index < -0.39 is 0 Å². The molecule has 0 saturated heterocycles. The van der Waals surface area contributed by atoms with Crippen LogP contribution in [0.4, 0.5) is 17.1 Å². The third-order valence-electron chi connectivity index (χ3n) is 7.98. The van der Waals surface area contributed by atoms with Gasteiger partial charge in [0.15, 0.2) is 0 Å². The van der Waals surface area contributed by atoms with Gasteiger partial charge in [0.25, 0.3) is 0 Å². The van der Waals surface area contributed by atoms with Gasteiger partial charge in [-0.15, -0.1) is 41.4 Å². The van der Waals surface area contributed by atoms with Crippen LogP contribution >= 0.6 is 0 Å². The van der Waals surface area contributed by atoms with Crippen LogP contribution in [0.2, 0.25) is 0 Å². The Morgan fingerprint density at radius 2 is 1.45 bits per heavy atom. The molecule has 0 bridgehead atoms. The van der Waals surface area contributed by atoms with Crippen molar-refractivity contribution in [2.24, 2.45) is 0 Å². The molecular formula is C38H35N4OPt-3. The smallest absolute Gasteiger partial charge is 0.135 e. The number of rotatable bonds is 4. The molecule has 0 fully saturated rings. The second kappa shape index (κ2) is 11.1. The van der Waals surface area contributed by atoms with E-state index in [-0.39, 0.29) is 32.0 Å². The van der Waals surface area contributed by atoms with E-state index in [4.69, 9.17) is 9.72 Å². The summed E-state index contributed by atoms with van der Waals surface area (Å²) in [6, 6.07) is 38.3. The normalized spacial score (nSPS) is 13.3. The summed E-state index contributed by atoms with van der Waals surface area (Å²) >= 11 is 0. The molecule has 0 unspecified atom stereocenters. The molecular weight excluding hydrogens is 724 g/mol. The van der Waals surface area contributed by atoms with Crippen LogP contribution in [0.5, 0.6) is 11.5 Å². The van der Waals surface area contributed by atoms with Gasteiger partial charge in [0.2, 0.25) is 0 Å². The van der Waals surface area contributed by atoms with Gasteiger partial charge in [-0.25, -0.2) is 4.98 Å². The summed E-state index contributed by atoms with van der Waals surface area (Å²) < 4.78 is 8.62. The molecule has 3 heterocycles. The second-order valence-corrected chi connectivity index (χ2v) is 13.1. The number of para-hydroxylation sites is 3. The number of hydrogen-bond acceptors (Lipinski definition) is 4. The summed E-state index contributed by atoms with van der Waals surface area (Å²) in [5.74, 6) is 2.12. The van der Waals surface area contributed by atoms with E-state index >= 15 is 0 Å². The molecule has 1 aliphatic rings. The first kappa shape index (κ1) is 30.0. The van der Waals surface area contributed by atoms with Gasteiger partial charge in [-0.2, -0.15) is 18.8 Å². The minimum absolute atomic E-state index is 0. The van der Waals surface area contributed by atoms with Crippen molar-refractivity contribution in [2.75, 3.05) is 9.80 Å². The molecule has 0 aliphatic carbocycles. The summed E-state index contributed by atoms with van der Waals surface area (Å²) in [7, 11) is 0. The monoisotopic (exact) mass is 758 g/mol. The zero-order chi connectivity index (χ0) is 29.9. The van der Waals surface area contributed by atoms with Crippen LogP contribution in [0, 0.1) is 18.8 Å². The quantitative estimate of drug-likeness (QED) is 0.168. The van der Waals surface area contributed by atoms with E-state index in [2.05, 4.69) is 148 Å². The molecule has 0 N–H and O–H groups in total. The Bertz CT molecular complexity index is 1980. The molecule has 2 aromatic heterocycles. The van der Waals surface area contributed by atoms with Crippen LogP contribution in [0.3, 0.4) is 0 Å². The van der Waals surface area contributed by atoms with Gasteiger partial charge in [0, 0.05) is 61.2 Å². The third kappa shape index (κ3) is 5.28. The van der Waals surface area contributed by atoms with Crippen molar-refractivity contribution < 1.29 is 25.8 Å². The van der Waals surface area contributed by atoms with Crippen molar-refractivity contribution in [1.29, 1.82) is 0 Å². The van der Waals surface area contributed by atoms with E-state index in [1.807, 2.05) is 24.4 Å². The average Bonchev–Trinajstić information content (AvgIpc) is 3.53. The van der Waals surface area contributed by atoms with Crippen molar-refractivity contribution in [3.63, 3.8) is 0 Å². The fourth-order valence-electron chi connectivity index (χ4n) is 5.77. The predicted octanol–water partition coefficient (Wildman–Crippen LogP) is 9.74. The third-order valence-corrected chi connectivity index (χ3v) is 7.98. The van der Waals surface area contributed by atoms with Crippen molar-refractivity contribution in [3.8, 4) is 17.3 Å². The molecule has 0 spiro atoms. The Kier molecular flexibility index (Phi) is 7.58. The number of nitrogens with zero attached hydrogens (tertiary/aromatic N) is 4. The zero-order valence-electron chi connectivity index (χ0n) is 25.8. The number of benzene rings is 4. The maximum atomic E-state index is 6.43. The van der Waals surface area contributed by atoms with E-state index in [0.717, 1.165) is 39.0 Å². The largest absolute Gasteiger partial charge is 0.509 e. The summed E-state index contributed by atoms with van der Waals surface area (Å²) in [4.78, 5) is 9.26. The first-order valence-electron chi connectivity index (χ1n) is 14.7. The molecule has 7 rings (SSSR count). The molecule has 4 aromatic carbocycles. The van der Waals surface area contributed by atoms with Gasteiger partial charge in [-0.05, 0) is 67.5 Å². The van der Waals surface area contributed by atoms with Crippen molar-refractivity contribution in [3.05, 3.63) is 122 Å². The van der Waals surface area contributed by atoms with Crippen molar-refractivity contribution >= 4 is 38.9 Å². The number of hydrogen-bond donors (Lipinski definition) is 0. The molecule has 226 valence electrons. The van der Waals surface area contributed by atoms with E-state index in [0.29, 0.717) is 11.5 Å². The van der Waals surface area contributed by atoms with E-state index in [9.17, 15) is 0 Å². The maximum Gasteiger partial charge on any atom is 0.135 e. The summed E-state index contributed by atoms with van der Waals surface area (Å²) in [6.45, 7) is 15.5. The number of anilines is 3. The summed E-state index contributed by atoms with van der Waals surface area (Å²) in [5.41, 5.74) is 6.39. The van der Waals surface area contributed by atoms with E-state index in [1.54, 1.807) is 0 Å². The fraction of sp³-hybridized carbons (Fsp3) is 0.211. The molecule has 5 nitrogen and oxygen atoms in total. The number of pyridine rings is 1. The first-order chi connectivity index (χ1) is 20.6. The van der Waals surface area contributed by atoms with Crippen LogP contribution in [0.25, 0.3) is 27.6 Å². The Morgan fingerprint density at radius 1 is 0.727 bits per heavy atom. The van der Waals surface area contributed by atoms with Crippen molar-refractivity contribution in [1.82, 2.24) is 9.55 Å². The predicted molar refractivity (Wildman–Crippen MR) is 177 cm³/mol. The maximum absolute atomic E-state index is 6.43. The first-order valence-corrected chi connectivity index (χ1v) is 14.7. The van der Waals surface area contributed by atoms with Crippen LogP contribution in [0.15, 0.2) is 97.2 Å². The minimum atomic E-state index is -0.0664. The molecule has 6 aromatic rings. The minimum Gasteiger partial charge on any atom is -0.509 e. The molecule has 0 saturated carbocycles. The Balaban J connectivity index is 0.00000343. The Hall–Kier alpha value is -4.08. The molecule has 0 atom stereocenters. The molecule has 0 radical (unpaired) electrons. The van der Waals surface area contributed by atoms with Crippen LogP contribution in [-0.4, -0.2) is 15.1 Å². The fourth-order valence-corrected chi connectivity index (χ4v) is 5.77. The SMILES string of the molecule is CC(C)(C)c1ccnc(-n2c3[c-]c(Oc4[c-]c(N5[CH-]N(C(C)(C)C)c6ccccc65)ccc4)ccc3c3ccccc32)c1.[Pt].